The maximum Gasteiger partial charge on any atom is 0.333 e. The third-order valence-corrected chi connectivity index (χ3v) is 7.32. The molecule has 3 saturated heterocycles. The number of carboxylic acids is 1. The van der Waals surface area contributed by atoms with Crippen molar-refractivity contribution in [3.63, 3.8) is 0 Å². The molecule has 3 aliphatic rings. The fourth-order valence-corrected chi connectivity index (χ4v) is 4.92. The molecule has 36 heavy (non-hydrogen) atoms. The van der Waals surface area contributed by atoms with Crippen LogP contribution >= 0.6 is 0 Å². The van der Waals surface area contributed by atoms with Crippen molar-refractivity contribution in [3.05, 3.63) is 0 Å². The van der Waals surface area contributed by atoms with E-state index in [0.29, 0.717) is 0 Å². The van der Waals surface area contributed by atoms with Crippen molar-refractivity contribution in [2.45, 2.75) is 87.8 Å². The van der Waals surface area contributed by atoms with E-state index in [1.165, 1.54) is 6.92 Å². The third-order valence-electron chi connectivity index (χ3n) is 7.32. The average Bonchev–Trinajstić information content (AvgIpc) is 2.85. The Balaban J connectivity index is 1.66. The van der Waals surface area contributed by atoms with E-state index in [0.717, 1.165) is 0 Å². The molecule has 3 heterocycles. The first kappa shape index (κ1) is 29.5. The van der Waals surface area contributed by atoms with Gasteiger partial charge in [0, 0.05) is 17.8 Å². The minimum absolute atomic E-state index is 0.00650. The zero-order valence-electron chi connectivity index (χ0n) is 20.1. The standard InChI is InChI=1S/C22H38O14/c1-3-10-15(26)17(28)22(36-19(10)20(30)31)33-6-9-5-32-12(4-23)14(25)11(9)7-34-21-18(29)16(27)13(24)8(2)35-21/h8-19,21-29H,3-7H2,1-2H3,(H,30,31). The minimum atomic E-state index is -1.55. The number of carboxylic acid groups (broad SMARTS) is 1. The van der Waals surface area contributed by atoms with Gasteiger partial charge in [-0.05, 0) is 13.3 Å². The molecule has 0 aromatic carbocycles. The quantitative estimate of drug-likeness (QED) is 0.145. The van der Waals surface area contributed by atoms with Crippen LogP contribution in [-0.4, -0.2) is 141 Å². The van der Waals surface area contributed by atoms with E-state index >= 15 is 0 Å². The summed E-state index contributed by atoms with van der Waals surface area (Å²) in [6.45, 7) is 2.25. The van der Waals surface area contributed by atoms with Crippen LogP contribution in [0.15, 0.2) is 0 Å². The largest absolute Gasteiger partial charge is 0.479 e. The Kier molecular flexibility index (Phi) is 10.4. The summed E-state index contributed by atoms with van der Waals surface area (Å²) in [6.07, 6.45) is -14.2. The van der Waals surface area contributed by atoms with Gasteiger partial charge in [0.05, 0.1) is 44.7 Å². The lowest BCUT2D eigenvalue weighted by Gasteiger charge is -2.44. The van der Waals surface area contributed by atoms with Crippen LogP contribution < -0.4 is 0 Å². The highest BCUT2D eigenvalue weighted by Gasteiger charge is 2.49. The molecule has 3 fully saturated rings. The number of carbonyl (C=O) groups is 1. The summed E-state index contributed by atoms with van der Waals surface area (Å²) >= 11 is 0. The van der Waals surface area contributed by atoms with Crippen LogP contribution in [0.1, 0.15) is 20.3 Å². The number of aliphatic carboxylic acids is 1. The van der Waals surface area contributed by atoms with Crippen LogP contribution in [-0.2, 0) is 28.5 Å². The molecule has 0 aromatic heterocycles. The van der Waals surface area contributed by atoms with E-state index in [1.54, 1.807) is 6.92 Å². The summed E-state index contributed by atoms with van der Waals surface area (Å²) in [7, 11) is 0. The molecule has 0 amide bonds. The van der Waals surface area contributed by atoms with Gasteiger partial charge >= 0.3 is 5.97 Å². The predicted octanol–water partition coefficient (Wildman–Crippen LogP) is -3.61. The Hall–Kier alpha value is -1.01. The maximum absolute atomic E-state index is 11.6. The number of hydrogen-bond donors (Lipinski definition) is 8. The molecule has 0 spiro atoms. The second kappa shape index (κ2) is 12.7. The molecule has 0 aliphatic carbocycles. The van der Waals surface area contributed by atoms with Crippen molar-refractivity contribution in [2.24, 2.45) is 17.8 Å². The fraction of sp³-hybridized carbons (Fsp3) is 0.955. The second-order valence-corrected chi connectivity index (χ2v) is 9.63. The van der Waals surface area contributed by atoms with Gasteiger partial charge in [-0.15, -0.1) is 0 Å². The second-order valence-electron chi connectivity index (χ2n) is 9.63. The Morgan fingerprint density at radius 2 is 1.44 bits per heavy atom. The summed E-state index contributed by atoms with van der Waals surface area (Å²) in [4.78, 5) is 11.6. The van der Waals surface area contributed by atoms with E-state index in [2.05, 4.69) is 0 Å². The lowest BCUT2D eigenvalue weighted by atomic mass is 9.84. The minimum Gasteiger partial charge on any atom is -0.479 e. The van der Waals surface area contributed by atoms with Crippen LogP contribution in [0.5, 0.6) is 0 Å². The smallest absolute Gasteiger partial charge is 0.333 e. The fourth-order valence-electron chi connectivity index (χ4n) is 4.92. The van der Waals surface area contributed by atoms with Gasteiger partial charge in [0.15, 0.2) is 18.7 Å². The summed E-state index contributed by atoms with van der Waals surface area (Å²) in [5, 5.41) is 80.6. The molecule has 14 unspecified atom stereocenters. The summed E-state index contributed by atoms with van der Waals surface area (Å²) in [5.74, 6) is -3.48. The molecular weight excluding hydrogens is 488 g/mol. The first-order chi connectivity index (χ1) is 17.0. The lowest BCUT2D eigenvalue weighted by Crippen LogP contribution is -2.59. The first-order valence-corrected chi connectivity index (χ1v) is 12.1. The monoisotopic (exact) mass is 526 g/mol. The molecule has 3 aliphatic heterocycles. The van der Waals surface area contributed by atoms with Gasteiger partial charge in [0.1, 0.15) is 30.5 Å². The molecule has 0 saturated carbocycles. The molecule has 8 N–H and O–H groups in total. The van der Waals surface area contributed by atoms with E-state index in [-0.39, 0.29) is 26.2 Å². The molecule has 0 bridgehead atoms. The molecule has 0 aromatic rings. The van der Waals surface area contributed by atoms with Gasteiger partial charge in [-0.3, -0.25) is 0 Å². The molecule has 3 rings (SSSR count). The van der Waals surface area contributed by atoms with E-state index in [9.17, 15) is 45.6 Å². The highest BCUT2D eigenvalue weighted by Crippen LogP contribution is 2.33. The number of hydrogen-bond acceptors (Lipinski definition) is 13. The van der Waals surface area contributed by atoms with Gasteiger partial charge in [-0.1, -0.05) is 6.92 Å². The number of rotatable bonds is 9. The predicted molar refractivity (Wildman–Crippen MR) is 116 cm³/mol. The molecule has 14 nitrogen and oxygen atoms in total. The summed E-state index contributed by atoms with van der Waals surface area (Å²) < 4.78 is 27.6. The molecular formula is C22H38O14. The zero-order valence-corrected chi connectivity index (χ0v) is 20.1. The van der Waals surface area contributed by atoms with Crippen LogP contribution in [0.4, 0.5) is 0 Å². The third kappa shape index (κ3) is 6.17. The highest BCUT2D eigenvalue weighted by molar-refractivity contribution is 5.73. The summed E-state index contributed by atoms with van der Waals surface area (Å²) in [5.41, 5.74) is 0. The van der Waals surface area contributed by atoms with Gasteiger partial charge in [-0.25, -0.2) is 4.79 Å². The Morgan fingerprint density at radius 1 is 0.833 bits per heavy atom. The van der Waals surface area contributed by atoms with Gasteiger partial charge < -0.3 is 64.5 Å². The van der Waals surface area contributed by atoms with Crippen molar-refractivity contribution in [3.8, 4) is 0 Å². The van der Waals surface area contributed by atoms with Gasteiger partial charge in [0.25, 0.3) is 0 Å². The molecule has 14 atom stereocenters. The van der Waals surface area contributed by atoms with Gasteiger partial charge in [-0.2, -0.15) is 0 Å². The van der Waals surface area contributed by atoms with Crippen LogP contribution in [0.2, 0.25) is 0 Å². The Morgan fingerprint density at radius 3 is 2.06 bits per heavy atom. The van der Waals surface area contributed by atoms with Crippen LogP contribution in [0.3, 0.4) is 0 Å². The first-order valence-electron chi connectivity index (χ1n) is 12.1. The highest BCUT2D eigenvalue weighted by atomic mass is 16.7. The SMILES string of the molecule is CCC1C(C(=O)O)OC(OCC2COC(CO)C(O)C2COC2OC(C)C(O)C(O)C2O)C(O)C1O. The van der Waals surface area contributed by atoms with Crippen molar-refractivity contribution in [1.82, 2.24) is 0 Å². The Labute approximate surface area is 207 Å². The molecule has 14 heteroatoms. The average molecular weight is 527 g/mol. The number of aliphatic hydroxyl groups excluding tert-OH is 7. The van der Waals surface area contributed by atoms with E-state index in [4.69, 9.17) is 23.7 Å². The zero-order chi connectivity index (χ0) is 26.7. The van der Waals surface area contributed by atoms with Crippen molar-refractivity contribution >= 4 is 5.97 Å². The van der Waals surface area contributed by atoms with Gasteiger partial charge in [0.2, 0.25) is 0 Å². The topological polar surface area (TPSA) is 225 Å². The Bertz CT molecular complexity index is 710. The van der Waals surface area contributed by atoms with Crippen LogP contribution in [0, 0.1) is 17.8 Å². The molecule has 0 radical (unpaired) electrons. The van der Waals surface area contributed by atoms with E-state index < -0.39 is 97.8 Å². The normalized spacial score (nSPS) is 48.0. The maximum atomic E-state index is 11.6. The lowest BCUT2D eigenvalue weighted by molar-refractivity contribution is -0.305. The number of ether oxygens (including phenoxy) is 5. The summed E-state index contributed by atoms with van der Waals surface area (Å²) in [6, 6.07) is 0. The van der Waals surface area contributed by atoms with Crippen molar-refractivity contribution in [1.29, 1.82) is 0 Å². The van der Waals surface area contributed by atoms with E-state index in [1.807, 2.05) is 0 Å². The molecule has 210 valence electrons. The van der Waals surface area contributed by atoms with Crippen LogP contribution in [0.25, 0.3) is 0 Å². The van der Waals surface area contributed by atoms with Crippen molar-refractivity contribution < 1.29 is 69.3 Å². The number of aliphatic hydroxyl groups is 7. The van der Waals surface area contributed by atoms with Crippen molar-refractivity contribution in [2.75, 3.05) is 26.4 Å².